The van der Waals surface area contributed by atoms with Gasteiger partial charge in [0.1, 0.15) is 0 Å². The second-order valence-electron chi connectivity index (χ2n) is 4.48. The van der Waals surface area contributed by atoms with Crippen LogP contribution < -0.4 is 5.32 Å². The fraction of sp³-hybridized carbons (Fsp3) is 1.00. The maximum absolute atomic E-state index is 5.42. The molecule has 1 N–H and O–H groups in total. The molecule has 5 nitrogen and oxygen atoms in total. The summed E-state index contributed by atoms with van der Waals surface area (Å²) in [6, 6.07) is 0. The van der Waals surface area contributed by atoms with Gasteiger partial charge in [-0.05, 0) is 40.0 Å². The van der Waals surface area contributed by atoms with E-state index in [1.807, 2.05) is 0 Å². The van der Waals surface area contributed by atoms with Crippen LogP contribution in [0.25, 0.3) is 0 Å². The summed E-state index contributed by atoms with van der Waals surface area (Å²) in [5.41, 5.74) is 0. The highest BCUT2D eigenvalue weighted by Gasteiger charge is 1.92. The molecule has 0 atom stereocenters. The van der Waals surface area contributed by atoms with E-state index >= 15 is 0 Å². The second-order valence-corrected chi connectivity index (χ2v) is 4.48. The van der Waals surface area contributed by atoms with E-state index in [1.54, 1.807) is 7.11 Å². The van der Waals surface area contributed by atoms with Crippen LogP contribution in [0.2, 0.25) is 0 Å². The van der Waals surface area contributed by atoms with Crippen LogP contribution in [0.15, 0.2) is 0 Å². The number of rotatable bonds is 14. The molecule has 0 rings (SSSR count). The van der Waals surface area contributed by atoms with Crippen LogP contribution in [0, 0.1) is 0 Å². The Bertz CT molecular complexity index is 157. The minimum Gasteiger partial charge on any atom is -0.382 e. The third kappa shape index (κ3) is 15.8. The van der Waals surface area contributed by atoms with Crippen molar-refractivity contribution >= 4 is 0 Å². The lowest BCUT2D eigenvalue weighted by molar-refractivity contribution is 0.0256. The fourth-order valence-electron chi connectivity index (χ4n) is 1.41. The molecule has 5 heteroatoms. The monoisotopic (exact) mass is 262 g/mol. The Labute approximate surface area is 112 Å². The molecule has 0 amide bonds. The van der Waals surface area contributed by atoms with Crippen LogP contribution in [0.4, 0.5) is 0 Å². The largest absolute Gasteiger partial charge is 0.382 e. The third-order valence-electron chi connectivity index (χ3n) is 2.44. The SMILES string of the molecule is COCCOCCOCCNCCCCN(C)C. The van der Waals surface area contributed by atoms with Crippen molar-refractivity contribution in [2.24, 2.45) is 0 Å². The van der Waals surface area contributed by atoms with E-state index < -0.39 is 0 Å². The lowest BCUT2D eigenvalue weighted by atomic mass is 10.3. The molecule has 0 heterocycles. The summed E-state index contributed by atoms with van der Waals surface area (Å²) >= 11 is 0. The number of hydrogen-bond acceptors (Lipinski definition) is 5. The quantitative estimate of drug-likeness (QED) is 0.464. The van der Waals surface area contributed by atoms with Crippen molar-refractivity contribution in [3.8, 4) is 0 Å². The molecule has 0 bridgehead atoms. The van der Waals surface area contributed by atoms with Gasteiger partial charge in [-0.2, -0.15) is 0 Å². The number of nitrogens with one attached hydrogen (secondary N) is 1. The van der Waals surface area contributed by atoms with Crippen LogP contribution in [-0.2, 0) is 14.2 Å². The molecule has 110 valence electrons. The topological polar surface area (TPSA) is 43.0 Å². The number of ether oxygens (including phenoxy) is 3. The van der Waals surface area contributed by atoms with Gasteiger partial charge in [-0.25, -0.2) is 0 Å². The molecule has 0 aliphatic carbocycles. The Morgan fingerprint density at radius 2 is 1.50 bits per heavy atom. The summed E-state index contributed by atoms with van der Waals surface area (Å²) in [4.78, 5) is 2.21. The van der Waals surface area contributed by atoms with Gasteiger partial charge in [0.25, 0.3) is 0 Å². The van der Waals surface area contributed by atoms with Crippen LogP contribution >= 0.6 is 0 Å². The summed E-state index contributed by atoms with van der Waals surface area (Å²) in [6.45, 7) is 6.50. The van der Waals surface area contributed by atoms with Gasteiger partial charge in [0, 0.05) is 13.7 Å². The van der Waals surface area contributed by atoms with Crippen molar-refractivity contribution in [3.05, 3.63) is 0 Å². The van der Waals surface area contributed by atoms with Gasteiger partial charge in [0.2, 0.25) is 0 Å². The molecule has 0 aliphatic rings. The highest BCUT2D eigenvalue weighted by atomic mass is 16.5. The maximum atomic E-state index is 5.42. The minimum atomic E-state index is 0.643. The highest BCUT2D eigenvalue weighted by Crippen LogP contribution is 1.88. The Morgan fingerprint density at radius 3 is 2.17 bits per heavy atom. The average molecular weight is 262 g/mol. The summed E-state index contributed by atoms with van der Waals surface area (Å²) in [5, 5.41) is 3.37. The normalized spacial score (nSPS) is 11.3. The third-order valence-corrected chi connectivity index (χ3v) is 2.44. The van der Waals surface area contributed by atoms with Crippen molar-refractivity contribution in [2.45, 2.75) is 12.8 Å². The molecular formula is C13H30N2O3. The van der Waals surface area contributed by atoms with E-state index in [-0.39, 0.29) is 0 Å². The zero-order valence-corrected chi connectivity index (χ0v) is 12.2. The molecule has 0 fully saturated rings. The standard InChI is InChI=1S/C13H30N2O3/c1-15(2)8-5-4-6-14-7-9-17-12-13-18-11-10-16-3/h14H,4-13H2,1-3H3. The average Bonchev–Trinajstić information content (AvgIpc) is 2.34. The van der Waals surface area contributed by atoms with E-state index in [1.165, 1.54) is 12.8 Å². The number of hydrogen-bond donors (Lipinski definition) is 1. The van der Waals surface area contributed by atoms with E-state index in [9.17, 15) is 0 Å². The first-order valence-corrected chi connectivity index (χ1v) is 6.77. The molecule has 0 unspecified atom stereocenters. The summed E-state index contributed by atoms with van der Waals surface area (Å²) in [5.74, 6) is 0. The lowest BCUT2D eigenvalue weighted by Gasteiger charge is -2.09. The molecule has 18 heavy (non-hydrogen) atoms. The van der Waals surface area contributed by atoms with E-state index in [4.69, 9.17) is 14.2 Å². The minimum absolute atomic E-state index is 0.643. The zero-order chi connectivity index (χ0) is 13.5. The molecule has 0 saturated heterocycles. The Hall–Kier alpha value is -0.200. The van der Waals surface area contributed by atoms with Crippen molar-refractivity contribution in [2.75, 3.05) is 73.9 Å². The molecule has 0 radical (unpaired) electrons. The van der Waals surface area contributed by atoms with Crippen molar-refractivity contribution in [1.82, 2.24) is 10.2 Å². The van der Waals surface area contributed by atoms with E-state index in [0.29, 0.717) is 26.4 Å². The van der Waals surface area contributed by atoms with Gasteiger partial charge in [0.15, 0.2) is 0 Å². The smallest absolute Gasteiger partial charge is 0.0701 e. The number of unbranched alkanes of at least 4 members (excludes halogenated alkanes) is 1. The maximum Gasteiger partial charge on any atom is 0.0701 e. The summed E-state index contributed by atoms with van der Waals surface area (Å²) < 4.78 is 15.6. The van der Waals surface area contributed by atoms with Gasteiger partial charge in [-0.15, -0.1) is 0 Å². The van der Waals surface area contributed by atoms with Crippen LogP contribution in [0.1, 0.15) is 12.8 Å². The Balaban J connectivity index is 2.90. The molecule has 0 aromatic heterocycles. The highest BCUT2D eigenvalue weighted by molar-refractivity contribution is 4.50. The fourth-order valence-corrected chi connectivity index (χ4v) is 1.41. The van der Waals surface area contributed by atoms with Crippen molar-refractivity contribution in [1.29, 1.82) is 0 Å². The lowest BCUT2D eigenvalue weighted by Crippen LogP contribution is -2.23. The van der Waals surface area contributed by atoms with E-state index in [0.717, 1.165) is 26.2 Å². The second kappa shape index (κ2) is 14.9. The van der Waals surface area contributed by atoms with Crippen LogP contribution in [0.5, 0.6) is 0 Å². The predicted molar refractivity (Wildman–Crippen MR) is 74.2 cm³/mol. The predicted octanol–water partition coefficient (Wildman–Crippen LogP) is 0.597. The number of methoxy groups -OCH3 is 1. The first-order valence-electron chi connectivity index (χ1n) is 6.77. The number of nitrogens with zero attached hydrogens (tertiary/aromatic N) is 1. The van der Waals surface area contributed by atoms with Gasteiger partial charge >= 0.3 is 0 Å². The summed E-state index contributed by atoms with van der Waals surface area (Å²) in [7, 11) is 5.88. The molecule has 0 spiro atoms. The van der Waals surface area contributed by atoms with Crippen LogP contribution in [-0.4, -0.2) is 78.8 Å². The molecule has 0 saturated carbocycles. The van der Waals surface area contributed by atoms with Crippen LogP contribution in [0.3, 0.4) is 0 Å². The Kier molecular flexibility index (Phi) is 14.7. The van der Waals surface area contributed by atoms with Gasteiger partial charge in [0.05, 0.1) is 33.0 Å². The molecule has 0 aromatic carbocycles. The Morgan fingerprint density at radius 1 is 0.833 bits per heavy atom. The molecule has 0 aliphatic heterocycles. The first-order chi connectivity index (χ1) is 8.77. The molecular weight excluding hydrogens is 232 g/mol. The summed E-state index contributed by atoms with van der Waals surface area (Å²) in [6.07, 6.45) is 2.46. The molecule has 0 aromatic rings. The van der Waals surface area contributed by atoms with Gasteiger partial charge in [-0.1, -0.05) is 0 Å². The van der Waals surface area contributed by atoms with Crippen molar-refractivity contribution < 1.29 is 14.2 Å². The zero-order valence-electron chi connectivity index (χ0n) is 12.2. The van der Waals surface area contributed by atoms with E-state index in [2.05, 4.69) is 24.3 Å². The first kappa shape index (κ1) is 17.8. The van der Waals surface area contributed by atoms with Crippen molar-refractivity contribution in [3.63, 3.8) is 0 Å². The van der Waals surface area contributed by atoms with Gasteiger partial charge < -0.3 is 24.4 Å². The van der Waals surface area contributed by atoms with Gasteiger partial charge in [-0.3, -0.25) is 0 Å².